The van der Waals surface area contributed by atoms with E-state index in [2.05, 4.69) is 39.4 Å². The summed E-state index contributed by atoms with van der Waals surface area (Å²) in [6, 6.07) is 10.8. The summed E-state index contributed by atoms with van der Waals surface area (Å²) in [7, 11) is 0. The highest BCUT2D eigenvalue weighted by atomic mass is 15.5. The number of fused-ring (bicyclic) bond motifs is 1. The number of hydrogen-bond donors (Lipinski definition) is 0. The molecule has 0 N–H and O–H groups in total. The zero-order chi connectivity index (χ0) is 13.5. The molecule has 5 nitrogen and oxygen atoms in total. The van der Waals surface area contributed by atoms with Crippen LogP contribution in [-0.2, 0) is 6.42 Å². The molecule has 0 saturated carbocycles. The third kappa shape index (κ3) is 1.74. The van der Waals surface area contributed by atoms with Gasteiger partial charge in [0, 0.05) is 12.6 Å². The van der Waals surface area contributed by atoms with Crippen molar-refractivity contribution in [3.8, 4) is 5.95 Å². The van der Waals surface area contributed by atoms with Gasteiger partial charge in [-0.2, -0.15) is 10.1 Å². The van der Waals surface area contributed by atoms with Crippen LogP contribution in [0.3, 0.4) is 0 Å². The fraction of sp³-hybridized carbons (Fsp3) is 0.267. The topological polar surface area (TPSA) is 48.5 Å². The van der Waals surface area contributed by atoms with Crippen molar-refractivity contribution >= 4 is 0 Å². The van der Waals surface area contributed by atoms with E-state index in [9.17, 15) is 0 Å². The summed E-state index contributed by atoms with van der Waals surface area (Å²) >= 11 is 0. The number of aromatic nitrogens is 5. The minimum Gasteiger partial charge on any atom is -0.240 e. The largest absolute Gasteiger partial charge is 0.269 e. The third-order valence-electron chi connectivity index (χ3n) is 3.73. The molecular formula is C15H15N5. The van der Waals surface area contributed by atoms with Crippen LogP contribution in [0.4, 0.5) is 0 Å². The first-order valence-electron chi connectivity index (χ1n) is 6.83. The summed E-state index contributed by atoms with van der Waals surface area (Å²) < 4.78 is 3.78. The fourth-order valence-electron chi connectivity index (χ4n) is 2.75. The van der Waals surface area contributed by atoms with Crippen molar-refractivity contribution in [3.63, 3.8) is 0 Å². The molecule has 0 fully saturated rings. The third-order valence-corrected chi connectivity index (χ3v) is 3.73. The van der Waals surface area contributed by atoms with Gasteiger partial charge in [-0.3, -0.25) is 0 Å². The lowest BCUT2D eigenvalue weighted by Crippen LogP contribution is -2.08. The van der Waals surface area contributed by atoms with Gasteiger partial charge in [0.15, 0.2) is 0 Å². The van der Waals surface area contributed by atoms with E-state index < -0.39 is 0 Å². The van der Waals surface area contributed by atoms with Crippen LogP contribution in [0.15, 0.2) is 42.7 Å². The van der Waals surface area contributed by atoms with E-state index in [4.69, 9.17) is 0 Å². The maximum Gasteiger partial charge on any atom is 0.269 e. The molecule has 0 amide bonds. The van der Waals surface area contributed by atoms with Gasteiger partial charge in [-0.25, -0.2) is 9.36 Å². The molecule has 3 aromatic rings. The predicted octanol–water partition coefficient (Wildman–Crippen LogP) is 2.31. The zero-order valence-corrected chi connectivity index (χ0v) is 11.3. The Kier molecular flexibility index (Phi) is 2.45. The van der Waals surface area contributed by atoms with Gasteiger partial charge in [0.1, 0.15) is 5.82 Å². The van der Waals surface area contributed by atoms with Crippen molar-refractivity contribution in [1.82, 2.24) is 24.5 Å². The van der Waals surface area contributed by atoms with E-state index in [1.54, 1.807) is 4.68 Å². The van der Waals surface area contributed by atoms with E-state index in [1.165, 1.54) is 5.56 Å². The Bertz CT molecular complexity index is 741. The van der Waals surface area contributed by atoms with Crippen molar-refractivity contribution in [2.45, 2.75) is 25.8 Å². The van der Waals surface area contributed by atoms with Crippen molar-refractivity contribution in [1.29, 1.82) is 0 Å². The minimum absolute atomic E-state index is 0.295. The van der Waals surface area contributed by atoms with E-state index in [0.29, 0.717) is 12.0 Å². The van der Waals surface area contributed by atoms with E-state index in [1.807, 2.05) is 30.1 Å². The van der Waals surface area contributed by atoms with Gasteiger partial charge in [-0.1, -0.05) is 30.3 Å². The molecule has 1 aromatic carbocycles. The van der Waals surface area contributed by atoms with Crippen LogP contribution in [-0.4, -0.2) is 24.5 Å². The Morgan fingerprint density at radius 1 is 1.20 bits per heavy atom. The Labute approximate surface area is 116 Å². The van der Waals surface area contributed by atoms with Crippen LogP contribution in [0.5, 0.6) is 0 Å². The summed E-state index contributed by atoms with van der Waals surface area (Å²) in [5.74, 6) is 1.70. The summed E-state index contributed by atoms with van der Waals surface area (Å²) in [5.41, 5.74) is 2.40. The molecule has 0 radical (unpaired) electrons. The van der Waals surface area contributed by atoms with Crippen molar-refractivity contribution < 1.29 is 0 Å². The van der Waals surface area contributed by atoms with Crippen molar-refractivity contribution in [2.75, 3.05) is 0 Å². The van der Waals surface area contributed by atoms with Gasteiger partial charge in [0.05, 0.1) is 12.2 Å². The van der Waals surface area contributed by atoms with Gasteiger partial charge in [-0.15, -0.1) is 5.10 Å². The van der Waals surface area contributed by atoms with Gasteiger partial charge in [0.2, 0.25) is 0 Å². The standard InChI is InChI=1S/C15H15N5/c1-11-9-16-19(10-11)15-17-14-8-7-13(20(14)18-15)12-5-3-2-4-6-12/h2-6,9-10,13H,7-8H2,1H3. The van der Waals surface area contributed by atoms with Gasteiger partial charge < -0.3 is 0 Å². The molecule has 1 aliphatic rings. The quantitative estimate of drug-likeness (QED) is 0.714. The normalized spacial score (nSPS) is 17.4. The zero-order valence-electron chi connectivity index (χ0n) is 11.3. The van der Waals surface area contributed by atoms with Crippen molar-refractivity contribution in [3.05, 3.63) is 59.7 Å². The fourth-order valence-corrected chi connectivity index (χ4v) is 2.75. The monoisotopic (exact) mass is 265 g/mol. The average Bonchev–Trinajstić information content (AvgIpc) is 3.13. The smallest absolute Gasteiger partial charge is 0.240 e. The SMILES string of the molecule is Cc1cnn(-c2nc3n(n2)C(c2ccccc2)CC3)c1. The van der Waals surface area contributed by atoms with Crippen LogP contribution < -0.4 is 0 Å². The summed E-state index contributed by atoms with van der Waals surface area (Å²) in [6.45, 7) is 2.01. The van der Waals surface area contributed by atoms with Crippen LogP contribution >= 0.6 is 0 Å². The highest BCUT2D eigenvalue weighted by Crippen LogP contribution is 2.30. The highest BCUT2D eigenvalue weighted by Gasteiger charge is 2.27. The summed E-state index contributed by atoms with van der Waals surface area (Å²) in [4.78, 5) is 4.60. The molecule has 0 saturated heterocycles. The molecule has 20 heavy (non-hydrogen) atoms. The number of benzene rings is 1. The molecule has 0 spiro atoms. The van der Waals surface area contributed by atoms with Gasteiger partial charge in [-0.05, 0) is 24.5 Å². The van der Waals surface area contributed by atoms with Crippen LogP contribution in [0, 0.1) is 6.92 Å². The molecular weight excluding hydrogens is 250 g/mol. The maximum atomic E-state index is 4.64. The van der Waals surface area contributed by atoms with Gasteiger partial charge >= 0.3 is 0 Å². The lowest BCUT2D eigenvalue weighted by molar-refractivity contribution is 0.549. The highest BCUT2D eigenvalue weighted by molar-refractivity contribution is 5.24. The number of hydrogen-bond acceptors (Lipinski definition) is 3. The lowest BCUT2D eigenvalue weighted by Gasteiger charge is -2.11. The minimum atomic E-state index is 0.295. The summed E-state index contributed by atoms with van der Waals surface area (Å²) in [6.07, 6.45) is 5.80. The molecule has 0 bridgehead atoms. The van der Waals surface area contributed by atoms with Crippen LogP contribution in [0.1, 0.15) is 29.4 Å². The molecule has 5 heteroatoms. The Morgan fingerprint density at radius 3 is 2.80 bits per heavy atom. The molecule has 100 valence electrons. The van der Waals surface area contributed by atoms with Gasteiger partial charge in [0.25, 0.3) is 5.95 Å². The first-order chi connectivity index (χ1) is 9.81. The first kappa shape index (κ1) is 11.4. The second-order valence-electron chi connectivity index (χ2n) is 5.20. The second-order valence-corrected chi connectivity index (χ2v) is 5.20. The van der Waals surface area contributed by atoms with Crippen LogP contribution in [0.2, 0.25) is 0 Å². The van der Waals surface area contributed by atoms with Crippen molar-refractivity contribution in [2.24, 2.45) is 0 Å². The molecule has 1 unspecified atom stereocenters. The maximum absolute atomic E-state index is 4.64. The van der Waals surface area contributed by atoms with Crippen LogP contribution in [0.25, 0.3) is 5.95 Å². The molecule has 4 rings (SSSR count). The first-order valence-corrected chi connectivity index (χ1v) is 6.83. The average molecular weight is 265 g/mol. The van der Waals surface area contributed by atoms with E-state index in [-0.39, 0.29) is 0 Å². The predicted molar refractivity (Wildman–Crippen MR) is 74.8 cm³/mol. The lowest BCUT2D eigenvalue weighted by atomic mass is 10.1. The molecule has 1 aliphatic heterocycles. The molecule has 1 atom stereocenters. The number of nitrogens with zero attached hydrogens (tertiary/aromatic N) is 5. The molecule has 0 aliphatic carbocycles. The number of aryl methyl sites for hydroxylation is 2. The Morgan fingerprint density at radius 2 is 2.05 bits per heavy atom. The van der Waals surface area contributed by atoms with E-state index in [0.717, 1.165) is 24.2 Å². The second kappa shape index (κ2) is 4.30. The molecule has 2 aromatic heterocycles. The summed E-state index contributed by atoms with van der Waals surface area (Å²) in [5, 5.41) is 8.91. The Hall–Kier alpha value is -2.43. The Balaban J connectivity index is 1.74. The number of rotatable bonds is 2. The molecule has 3 heterocycles. The van der Waals surface area contributed by atoms with E-state index >= 15 is 0 Å².